The third-order valence-electron chi connectivity index (χ3n) is 1.65. The van der Waals surface area contributed by atoms with Crippen molar-refractivity contribution < 1.29 is 0 Å². The van der Waals surface area contributed by atoms with E-state index in [0.29, 0.717) is 0 Å². The van der Waals surface area contributed by atoms with Gasteiger partial charge in [-0.05, 0) is 13.8 Å². The molecule has 2 aromatic heterocycles. The van der Waals surface area contributed by atoms with E-state index in [4.69, 9.17) is 0 Å². The lowest BCUT2D eigenvalue weighted by Gasteiger charge is -1.97. The summed E-state index contributed by atoms with van der Waals surface area (Å²) < 4.78 is 1.73. The molecule has 13 heavy (non-hydrogen) atoms. The van der Waals surface area contributed by atoms with Gasteiger partial charge in [-0.3, -0.25) is 0 Å². The van der Waals surface area contributed by atoms with Gasteiger partial charge >= 0.3 is 0 Å². The van der Waals surface area contributed by atoms with Crippen molar-refractivity contribution in [2.75, 3.05) is 0 Å². The van der Waals surface area contributed by atoms with Crippen molar-refractivity contribution in [3.8, 4) is 0 Å². The first-order valence-corrected chi connectivity index (χ1v) is 4.41. The summed E-state index contributed by atoms with van der Waals surface area (Å²) in [4.78, 5) is 8.23. The topological polar surface area (TPSA) is 43.1 Å². The van der Waals surface area contributed by atoms with Crippen LogP contribution < -0.4 is 0 Å². The standard InChI is InChI=1S/C7H8N4.C2H6/c1-5-3-8-6(2)11-7(5)9-4-10-11;1-2/h3-4H,1-2H3;1-2H3. The quantitative estimate of drug-likeness (QED) is 0.617. The summed E-state index contributed by atoms with van der Waals surface area (Å²) >= 11 is 0. The molecule has 0 N–H and O–H groups in total. The van der Waals surface area contributed by atoms with Gasteiger partial charge in [-0.25, -0.2) is 9.97 Å². The largest absolute Gasteiger partial charge is 0.241 e. The van der Waals surface area contributed by atoms with Crippen LogP contribution in [0.15, 0.2) is 12.5 Å². The lowest BCUT2D eigenvalue weighted by Crippen LogP contribution is -1.97. The Balaban J connectivity index is 0.000000396. The summed E-state index contributed by atoms with van der Waals surface area (Å²) in [6.45, 7) is 7.87. The minimum Gasteiger partial charge on any atom is -0.241 e. The molecule has 0 aliphatic rings. The van der Waals surface area contributed by atoms with Gasteiger partial charge in [-0.15, -0.1) is 0 Å². The van der Waals surface area contributed by atoms with Crippen molar-refractivity contribution >= 4 is 5.65 Å². The zero-order valence-corrected chi connectivity index (χ0v) is 8.44. The van der Waals surface area contributed by atoms with E-state index < -0.39 is 0 Å². The van der Waals surface area contributed by atoms with Crippen molar-refractivity contribution in [2.45, 2.75) is 27.7 Å². The number of rotatable bonds is 0. The van der Waals surface area contributed by atoms with Crippen LogP contribution >= 0.6 is 0 Å². The minimum absolute atomic E-state index is 0.864. The third-order valence-corrected chi connectivity index (χ3v) is 1.65. The average Bonchev–Trinajstić information content (AvgIpc) is 2.64. The molecule has 0 bridgehead atoms. The Labute approximate surface area is 77.6 Å². The molecule has 0 unspecified atom stereocenters. The van der Waals surface area contributed by atoms with E-state index in [1.54, 1.807) is 10.7 Å². The number of aryl methyl sites for hydroxylation is 2. The predicted octanol–water partition coefficient (Wildman–Crippen LogP) is 1.77. The van der Waals surface area contributed by atoms with Gasteiger partial charge in [0.05, 0.1) is 0 Å². The van der Waals surface area contributed by atoms with Crippen molar-refractivity contribution in [2.24, 2.45) is 0 Å². The second kappa shape index (κ2) is 3.98. The van der Waals surface area contributed by atoms with Crippen LogP contribution in [0.2, 0.25) is 0 Å². The Morgan fingerprint density at radius 2 is 1.85 bits per heavy atom. The summed E-state index contributed by atoms with van der Waals surface area (Å²) in [5.74, 6) is 0.864. The van der Waals surface area contributed by atoms with Crippen molar-refractivity contribution in [1.29, 1.82) is 0 Å². The van der Waals surface area contributed by atoms with E-state index in [2.05, 4.69) is 15.1 Å². The highest BCUT2D eigenvalue weighted by Gasteiger charge is 2.00. The van der Waals surface area contributed by atoms with Crippen molar-refractivity contribution in [3.63, 3.8) is 0 Å². The maximum atomic E-state index is 4.14. The van der Waals surface area contributed by atoms with E-state index >= 15 is 0 Å². The van der Waals surface area contributed by atoms with Crippen LogP contribution in [0.25, 0.3) is 5.65 Å². The molecule has 0 saturated heterocycles. The molecule has 2 rings (SSSR count). The Hall–Kier alpha value is -1.45. The zero-order valence-electron chi connectivity index (χ0n) is 8.44. The van der Waals surface area contributed by atoms with Gasteiger partial charge in [-0.1, -0.05) is 13.8 Å². The van der Waals surface area contributed by atoms with Crippen LogP contribution in [-0.2, 0) is 0 Å². The first-order chi connectivity index (χ1) is 6.29. The Morgan fingerprint density at radius 3 is 2.46 bits per heavy atom. The molecule has 0 radical (unpaired) electrons. The number of fused-ring (bicyclic) bond motifs is 1. The van der Waals surface area contributed by atoms with Crippen molar-refractivity contribution in [3.05, 3.63) is 23.9 Å². The van der Waals surface area contributed by atoms with Crippen LogP contribution in [0.3, 0.4) is 0 Å². The molecule has 0 aliphatic carbocycles. The van der Waals surface area contributed by atoms with E-state index in [1.165, 1.54) is 6.33 Å². The molecule has 2 heterocycles. The molecule has 70 valence electrons. The second-order valence-electron chi connectivity index (χ2n) is 2.48. The molecular formula is C9H14N4. The van der Waals surface area contributed by atoms with Gasteiger partial charge in [0.15, 0.2) is 5.65 Å². The highest BCUT2D eigenvalue weighted by atomic mass is 15.3. The molecule has 0 aromatic carbocycles. The number of hydrogen-bond acceptors (Lipinski definition) is 3. The lowest BCUT2D eigenvalue weighted by atomic mass is 10.4. The third kappa shape index (κ3) is 1.66. The Morgan fingerprint density at radius 1 is 1.15 bits per heavy atom. The maximum absolute atomic E-state index is 4.14. The fourth-order valence-electron chi connectivity index (χ4n) is 1.05. The van der Waals surface area contributed by atoms with Gasteiger partial charge < -0.3 is 0 Å². The first-order valence-electron chi connectivity index (χ1n) is 4.41. The smallest absolute Gasteiger partial charge is 0.161 e. The van der Waals surface area contributed by atoms with E-state index in [0.717, 1.165) is 17.0 Å². The van der Waals surface area contributed by atoms with Gasteiger partial charge in [0.2, 0.25) is 0 Å². The molecule has 0 atom stereocenters. The fraction of sp³-hybridized carbons (Fsp3) is 0.444. The van der Waals surface area contributed by atoms with E-state index in [1.807, 2.05) is 27.7 Å². The molecule has 0 saturated carbocycles. The van der Waals surface area contributed by atoms with Crippen LogP contribution in [0.1, 0.15) is 25.2 Å². The Bertz CT molecular complexity index is 355. The minimum atomic E-state index is 0.864. The highest BCUT2D eigenvalue weighted by molar-refractivity contribution is 5.43. The molecule has 0 spiro atoms. The summed E-state index contributed by atoms with van der Waals surface area (Å²) in [6, 6.07) is 0. The number of nitrogens with zero attached hydrogens (tertiary/aromatic N) is 4. The molecule has 4 nitrogen and oxygen atoms in total. The number of hydrogen-bond donors (Lipinski definition) is 0. The molecule has 0 aliphatic heterocycles. The fourth-order valence-corrected chi connectivity index (χ4v) is 1.05. The molecule has 0 fully saturated rings. The molecule has 4 heteroatoms. The summed E-state index contributed by atoms with van der Waals surface area (Å²) in [5, 5.41) is 4.02. The second-order valence-corrected chi connectivity index (χ2v) is 2.48. The van der Waals surface area contributed by atoms with Crippen LogP contribution in [-0.4, -0.2) is 19.6 Å². The normalized spacial score (nSPS) is 9.54. The van der Waals surface area contributed by atoms with E-state index in [-0.39, 0.29) is 0 Å². The van der Waals surface area contributed by atoms with Crippen LogP contribution in [0.5, 0.6) is 0 Å². The predicted molar refractivity (Wildman–Crippen MR) is 51.6 cm³/mol. The lowest BCUT2D eigenvalue weighted by molar-refractivity contribution is 0.857. The number of aromatic nitrogens is 4. The Kier molecular flexibility index (Phi) is 2.95. The van der Waals surface area contributed by atoms with Gasteiger partial charge in [0.1, 0.15) is 12.2 Å². The van der Waals surface area contributed by atoms with Gasteiger partial charge in [-0.2, -0.15) is 9.61 Å². The van der Waals surface area contributed by atoms with Crippen molar-refractivity contribution in [1.82, 2.24) is 19.6 Å². The molecule has 2 aromatic rings. The SMILES string of the molecule is CC.Cc1cnc(C)n2ncnc12. The summed E-state index contributed by atoms with van der Waals surface area (Å²) in [7, 11) is 0. The van der Waals surface area contributed by atoms with Gasteiger partial charge in [0.25, 0.3) is 0 Å². The molecular weight excluding hydrogens is 164 g/mol. The summed E-state index contributed by atoms with van der Waals surface area (Å²) in [5.41, 5.74) is 1.94. The highest BCUT2D eigenvalue weighted by Crippen LogP contribution is 2.04. The summed E-state index contributed by atoms with van der Waals surface area (Å²) in [6.07, 6.45) is 3.34. The van der Waals surface area contributed by atoms with Crippen LogP contribution in [0.4, 0.5) is 0 Å². The zero-order chi connectivity index (χ0) is 9.84. The van der Waals surface area contributed by atoms with Crippen LogP contribution in [0, 0.1) is 13.8 Å². The monoisotopic (exact) mass is 178 g/mol. The molecule has 0 amide bonds. The maximum Gasteiger partial charge on any atom is 0.161 e. The average molecular weight is 178 g/mol. The first kappa shape index (κ1) is 9.64. The van der Waals surface area contributed by atoms with E-state index in [9.17, 15) is 0 Å². The van der Waals surface area contributed by atoms with Gasteiger partial charge in [0, 0.05) is 11.8 Å².